The van der Waals surface area contributed by atoms with E-state index in [4.69, 9.17) is 37.0 Å². The van der Waals surface area contributed by atoms with Crippen molar-refractivity contribution in [3.05, 3.63) is 0 Å². The Morgan fingerprint density at radius 3 is 0.716 bits per heavy atom. The molecule has 95 heavy (non-hydrogen) atoms. The second kappa shape index (κ2) is 67.9. The molecular weight excluding hydrogens is 1250 g/mol. The van der Waals surface area contributed by atoms with Gasteiger partial charge < -0.3 is 33.8 Å². The number of aliphatic hydroxyl groups is 1. The number of aliphatic hydroxyl groups excluding tert-OH is 1. The number of hydrogen-bond donors (Lipinski definition) is 3. The highest BCUT2D eigenvalue weighted by atomic mass is 31.2. The molecule has 0 heterocycles. The first-order chi connectivity index (χ1) is 45.9. The monoisotopic (exact) mass is 1400 g/mol. The fourth-order valence-corrected chi connectivity index (χ4v) is 13.2. The number of unbranched alkanes of at least 4 members (excludes halogenated alkanes) is 45. The predicted octanol–water partition coefficient (Wildman–Crippen LogP) is 22.3. The van der Waals surface area contributed by atoms with Gasteiger partial charge in [-0.25, -0.2) is 9.13 Å². The molecule has 0 aromatic rings. The van der Waals surface area contributed by atoms with E-state index in [1.165, 1.54) is 199 Å². The Hall–Kier alpha value is -1.94. The first-order valence-corrected chi connectivity index (χ1v) is 42.5. The number of rotatable bonds is 75. The van der Waals surface area contributed by atoms with Crippen LogP contribution in [0.4, 0.5) is 0 Å². The summed E-state index contributed by atoms with van der Waals surface area (Å²) in [5, 5.41) is 10.6. The van der Waals surface area contributed by atoms with E-state index in [2.05, 4.69) is 41.5 Å². The maximum absolute atomic E-state index is 13.1. The molecule has 0 bridgehead atoms. The van der Waals surface area contributed by atoms with Crippen molar-refractivity contribution in [2.75, 3.05) is 39.6 Å². The highest BCUT2D eigenvalue weighted by Gasteiger charge is 2.30. The third kappa shape index (κ3) is 70.3. The molecule has 0 spiro atoms. The van der Waals surface area contributed by atoms with E-state index in [1.54, 1.807) is 0 Å². The summed E-state index contributed by atoms with van der Waals surface area (Å²) in [5.41, 5.74) is 0. The molecule has 0 aromatic carbocycles. The summed E-state index contributed by atoms with van der Waals surface area (Å²) in [7, 11) is -9.90. The minimum Gasteiger partial charge on any atom is -0.462 e. The zero-order valence-corrected chi connectivity index (χ0v) is 63.8. The highest BCUT2D eigenvalue weighted by Crippen LogP contribution is 2.45. The highest BCUT2D eigenvalue weighted by molar-refractivity contribution is 7.47. The van der Waals surface area contributed by atoms with E-state index < -0.39 is 97.5 Å². The van der Waals surface area contributed by atoms with Gasteiger partial charge in [0.2, 0.25) is 0 Å². The van der Waals surface area contributed by atoms with Crippen LogP contribution in [0.1, 0.15) is 395 Å². The molecule has 0 saturated heterocycles. The number of hydrogen-bond acceptors (Lipinski definition) is 15. The largest absolute Gasteiger partial charge is 0.472 e. The Morgan fingerprint density at radius 1 is 0.284 bits per heavy atom. The summed E-state index contributed by atoms with van der Waals surface area (Å²) in [4.78, 5) is 72.6. The first-order valence-electron chi connectivity index (χ1n) is 39.5. The maximum Gasteiger partial charge on any atom is 0.472 e. The summed E-state index contributed by atoms with van der Waals surface area (Å²) in [6, 6.07) is 0. The topological polar surface area (TPSA) is 237 Å². The van der Waals surface area contributed by atoms with Gasteiger partial charge >= 0.3 is 39.5 Å². The van der Waals surface area contributed by atoms with Gasteiger partial charge in [0.1, 0.15) is 19.3 Å². The van der Waals surface area contributed by atoms with E-state index in [9.17, 15) is 43.2 Å². The Kier molecular flexibility index (Phi) is 66.5. The zero-order valence-electron chi connectivity index (χ0n) is 62.0. The molecule has 564 valence electrons. The van der Waals surface area contributed by atoms with Gasteiger partial charge in [0.05, 0.1) is 26.4 Å². The van der Waals surface area contributed by atoms with Crippen molar-refractivity contribution in [1.29, 1.82) is 0 Å². The van der Waals surface area contributed by atoms with Crippen LogP contribution in [0.3, 0.4) is 0 Å². The van der Waals surface area contributed by atoms with Crippen LogP contribution >= 0.6 is 15.6 Å². The molecule has 0 aliphatic rings. The van der Waals surface area contributed by atoms with Crippen LogP contribution in [0.25, 0.3) is 0 Å². The van der Waals surface area contributed by atoms with Gasteiger partial charge in [-0.1, -0.05) is 343 Å². The second-order valence-electron chi connectivity index (χ2n) is 28.3. The number of carbonyl (C=O) groups is 4. The third-order valence-electron chi connectivity index (χ3n) is 17.7. The Balaban J connectivity index is 5.14. The molecule has 0 saturated carbocycles. The molecule has 0 amide bonds. The van der Waals surface area contributed by atoms with Gasteiger partial charge in [-0.15, -0.1) is 0 Å². The van der Waals surface area contributed by atoms with Crippen molar-refractivity contribution in [3.8, 4) is 0 Å². The van der Waals surface area contributed by atoms with Gasteiger partial charge in [-0.3, -0.25) is 37.3 Å². The van der Waals surface area contributed by atoms with E-state index in [1.807, 2.05) is 0 Å². The van der Waals surface area contributed by atoms with Crippen LogP contribution in [0.5, 0.6) is 0 Å². The van der Waals surface area contributed by atoms with E-state index in [-0.39, 0.29) is 25.7 Å². The minimum atomic E-state index is -4.96. The second-order valence-corrected chi connectivity index (χ2v) is 31.3. The van der Waals surface area contributed by atoms with Crippen LogP contribution in [0, 0.1) is 11.8 Å². The molecule has 3 N–H and O–H groups in total. The van der Waals surface area contributed by atoms with Crippen LogP contribution in [0.15, 0.2) is 0 Å². The van der Waals surface area contributed by atoms with Crippen molar-refractivity contribution in [3.63, 3.8) is 0 Å². The Bertz CT molecular complexity index is 1840. The number of phosphoric ester groups is 2. The van der Waals surface area contributed by atoms with Crippen LogP contribution in [-0.4, -0.2) is 96.7 Å². The van der Waals surface area contributed by atoms with Crippen LogP contribution in [-0.2, 0) is 65.4 Å². The zero-order chi connectivity index (χ0) is 70.0. The average molecular weight is 1400 g/mol. The Labute approximate surface area is 581 Å². The molecule has 5 atom stereocenters. The van der Waals surface area contributed by atoms with Gasteiger partial charge in [0.25, 0.3) is 0 Å². The fraction of sp³-hybridized carbons (Fsp3) is 0.947. The molecule has 0 rings (SSSR count). The number of esters is 4. The molecular formula is C76H148O17P2. The number of carbonyl (C=O) groups excluding carboxylic acids is 4. The van der Waals surface area contributed by atoms with Gasteiger partial charge in [0, 0.05) is 25.7 Å². The average Bonchev–Trinajstić information content (AvgIpc) is 1.27. The summed E-state index contributed by atoms with van der Waals surface area (Å²) < 4.78 is 68.3. The molecule has 0 radical (unpaired) electrons. The SMILES string of the molecule is CCCCCCCCCCCCCCCCCCCCCCC(=O)O[C@H](COC(=O)CCCCCCCCCCCCCCCCCCC(C)C)COP(=O)(O)OC[C@@H](O)COP(=O)(O)OC[C@@H](COC(=O)CCCCCCCCC)OC(=O)CCCCCCCCC(C)C. The first kappa shape index (κ1) is 93.1. The fourth-order valence-electron chi connectivity index (χ4n) is 11.7. The lowest BCUT2D eigenvalue weighted by Gasteiger charge is -2.21. The molecule has 0 fully saturated rings. The van der Waals surface area contributed by atoms with E-state index >= 15 is 0 Å². The van der Waals surface area contributed by atoms with Gasteiger partial charge in [0.15, 0.2) is 12.2 Å². The van der Waals surface area contributed by atoms with E-state index in [0.717, 1.165) is 109 Å². The van der Waals surface area contributed by atoms with Crippen LogP contribution in [0.2, 0.25) is 0 Å². The number of ether oxygens (including phenoxy) is 4. The number of phosphoric acid groups is 2. The van der Waals surface area contributed by atoms with E-state index in [0.29, 0.717) is 31.6 Å². The lowest BCUT2D eigenvalue weighted by Crippen LogP contribution is -2.30. The van der Waals surface area contributed by atoms with Crippen molar-refractivity contribution < 1.29 is 80.2 Å². The summed E-state index contributed by atoms with van der Waals surface area (Å²) >= 11 is 0. The van der Waals surface area contributed by atoms with Crippen molar-refractivity contribution in [2.45, 2.75) is 413 Å². The molecule has 0 aliphatic carbocycles. The third-order valence-corrected chi connectivity index (χ3v) is 19.6. The minimum absolute atomic E-state index is 0.102. The standard InChI is InChI=1S/C76H148O17P2/c1-7-9-11-13-15-16-17-18-19-20-21-22-23-28-31-34-37-41-48-54-60-75(80)92-71(65-87-74(79)59-53-47-40-36-33-30-27-25-24-26-29-32-35-39-44-50-56-68(3)4)66-90-94(82,83)88-62-70(77)63-89-95(84,85)91-67-72(64-86-73(78)58-52-46-38-14-12-10-8-2)93-76(81)61-55-49-43-42-45-51-57-69(5)6/h68-72,77H,7-67H2,1-6H3,(H,82,83)(H,84,85)/t70-,71-,72-/m1/s1. The lowest BCUT2D eigenvalue weighted by molar-refractivity contribution is -0.161. The maximum atomic E-state index is 13.1. The summed E-state index contributed by atoms with van der Waals surface area (Å²) in [6.07, 6.45) is 56.0. The summed E-state index contributed by atoms with van der Waals surface area (Å²) in [6.45, 7) is 9.48. The Morgan fingerprint density at radius 2 is 0.484 bits per heavy atom. The normalized spacial score (nSPS) is 14.0. The predicted molar refractivity (Wildman–Crippen MR) is 386 cm³/mol. The molecule has 19 heteroatoms. The summed E-state index contributed by atoms with van der Waals surface area (Å²) in [5.74, 6) is -0.644. The van der Waals surface area contributed by atoms with Crippen LogP contribution < -0.4 is 0 Å². The smallest absolute Gasteiger partial charge is 0.462 e. The molecule has 0 aliphatic heterocycles. The van der Waals surface area contributed by atoms with Gasteiger partial charge in [-0.2, -0.15) is 0 Å². The van der Waals surface area contributed by atoms with Crippen molar-refractivity contribution in [2.24, 2.45) is 11.8 Å². The molecule has 0 aromatic heterocycles. The quantitative estimate of drug-likeness (QED) is 0.0222. The molecule has 2 unspecified atom stereocenters. The van der Waals surface area contributed by atoms with Crippen molar-refractivity contribution in [1.82, 2.24) is 0 Å². The lowest BCUT2D eigenvalue weighted by atomic mass is 10.0. The van der Waals surface area contributed by atoms with Gasteiger partial charge in [-0.05, 0) is 37.5 Å². The molecule has 17 nitrogen and oxygen atoms in total. The van der Waals surface area contributed by atoms with Crippen molar-refractivity contribution >= 4 is 39.5 Å².